The molecular formula is C22H24N2O4. The molecule has 0 unspecified atom stereocenters. The Morgan fingerprint density at radius 3 is 2.57 bits per heavy atom. The smallest absolute Gasteiger partial charge is 0.258 e. The van der Waals surface area contributed by atoms with E-state index < -0.39 is 0 Å². The molecule has 0 aliphatic carbocycles. The largest absolute Gasteiger partial charge is 0.493 e. The van der Waals surface area contributed by atoms with E-state index in [1.807, 2.05) is 24.3 Å². The highest BCUT2D eigenvalue weighted by molar-refractivity contribution is 5.80. The summed E-state index contributed by atoms with van der Waals surface area (Å²) in [5.41, 5.74) is 2.26. The monoisotopic (exact) mass is 380 g/mol. The van der Waals surface area contributed by atoms with Crippen LogP contribution in [-0.4, -0.2) is 24.6 Å². The molecular weight excluding hydrogens is 356 g/mol. The fourth-order valence-corrected chi connectivity index (χ4v) is 2.89. The second kappa shape index (κ2) is 8.61. The number of fused-ring (bicyclic) bond motifs is 1. The molecule has 0 aliphatic heterocycles. The minimum absolute atomic E-state index is 0.130. The van der Waals surface area contributed by atoms with Gasteiger partial charge < -0.3 is 19.8 Å². The number of para-hydroxylation sites is 2. The van der Waals surface area contributed by atoms with Gasteiger partial charge >= 0.3 is 0 Å². The first-order valence-corrected chi connectivity index (χ1v) is 9.16. The van der Waals surface area contributed by atoms with Crippen LogP contribution < -0.4 is 20.3 Å². The number of carbonyl (C=O) groups is 1. The highest BCUT2D eigenvalue weighted by Crippen LogP contribution is 2.25. The van der Waals surface area contributed by atoms with Crippen molar-refractivity contribution in [1.29, 1.82) is 0 Å². The normalized spacial score (nSPS) is 10.9. The van der Waals surface area contributed by atoms with Gasteiger partial charge in [-0.2, -0.15) is 0 Å². The molecule has 1 heterocycles. The topological polar surface area (TPSA) is 80.4 Å². The molecule has 0 fully saturated rings. The molecule has 0 spiro atoms. The number of carbonyl (C=O) groups excluding carboxylic acids is 1. The number of amides is 1. The van der Waals surface area contributed by atoms with Crippen molar-refractivity contribution in [1.82, 2.24) is 10.3 Å². The molecule has 2 aromatic carbocycles. The summed E-state index contributed by atoms with van der Waals surface area (Å²) in [6.07, 6.45) is 0. The van der Waals surface area contributed by atoms with Crippen molar-refractivity contribution in [2.24, 2.45) is 0 Å². The van der Waals surface area contributed by atoms with E-state index in [1.54, 1.807) is 25.3 Å². The lowest BCUT2D eigenvalue weighted by Gasteiger charge is -2.11. The van der Waals surface area contributed by atoms with Crippen LogP contribution in [0.3, 0.4) is 0 Å². The van der Waals surface area contributed by atoms with Crippen LogP contribution in [0.25, 0.3) is 10.9 Å². The van der Waals surface area contributed by atoms with Gasteiger partial charge in [-0.15, -0.1) is 0 Å². The molecule has 0 saturated carbocycles. The Balaban J connectivity index is 1.66. The van der Waals surface area contributed by atoms with Crippen molar-refractivity contribution in [2.45, 2.75) is 26.3 Å². The molecule has 3 aromatic rings. The zero-order valence-corrected chi connectivity index (χ0v) is 16.2. The van der Waals surface area contributed by atoms with Crippen LogP contribution in [0, 0.1) is 0 Å². The first-order valence-electron chi connectivity index (χ1n) is 9.16. The van der Waals surface area contributed by atoms with E-state index in [-0.39, 0.29) is 24.6 Å². The Bertz CT molecular complexity index is 1040. The number of benzene rings is 2. The van der Waals surface area contributed by atoms with Crippen LogP contribution in [0.4, 0.5) is 0 Å². The number of aromatic nitrogens is 1. The maximum absolute atomic E-state index is 12.3. The highest BCUT2D eigenvalue weighted by atomic mass is 16.5. The second-order valence-corrected chi connectivity index (χ2v) is 6.84. The Labute approximate surface area is 163 Å². The lowest BCUT2D eigenvalue weighted by molar-refractivity contribution is -0.123. The van der Waals surface area contributed by atoms with Crippen LogP contribution in [0.5, 0.6) is 11.5 Å². The lowest BCUT2D eigenvalue weighted by atomic mass is 10.0. The summed E-state index contributed by atoms with van der Waals surface area (Å²) in [6, 6.07) is 14.9. The summed E-state index contributed by atoms with van der Waals surface area (Å²) in [6.45, 7) is 4.21. The van der Waals surface area contributed by atoms with Gasteiger partial charge in [0.25, 0.3) is 11.5 Å². The molecule has 1 aromatic heterocycles. The van der Waals surface area contributed by atoms with Gasteiger partial charge in [0, 0.05) is 17.6 Å². The van der Waals surface area contributed by atoms with E-state index in [4.69, 9.17) is 9.47 Å². The minimum atomic E-state index is -0.318. The Kier molecular flexibility index (Phi) is 5.99. The highest BCUT2D eigenvalue weighted by Gasteiger charge is 2.09. The van der Waals surface area contributed by atoms with Gasteiger partial charge in [0.1, 0.15) is 0 Å². The van der Waals surface area contributed by atoms with E-state index in [1.165, 1.54) is 5.56 Å². The lowest BCUT2D eigenvalue weighted by Crippen LogP contribution is -2.30. The predicted octanol–water partition coefficient (Wildman–Crippen LogP) is 3.36. The number of aromatic amines is 1. The number of H-pyrrole nitrogens is 1. The van der Waals surface area contributed by atoms with Crippen molar-refractivity contribution >= 4 is 16.8 Å². The van der Waals surface area contributed by atoms with Crippen molar-refractivity contribution in [2.75, 3.05) is 13.7 Å². The molecule has 3 rings (SSSR count). The fraction of sp³-hybridized carbons (Fsp3) is 0.273. The van der Waals surface area contributed by atoms with Gasteiger partial charge in [-0.05, 0) is 47.2 Å². The fourth-order valence-electron chi connectivity index (χ4n) is 2.89. The van der Waals surface area contributed by atoms with Gasteiger partial charge in [0.2, 0.25) is 0 Å². The number of hydrogen-bond donors (Lipinski definition) is 2. The number of methoxy groups -OCH3 is 1. The summed E-state index contributed by atoms with van der Waals surface area (Å²) in [5, 5.41) is 3.67. The molecule has 0 aliphatic rings. The Hall–Kier alpha value is -3.28. The molecule has 146 valence electrons. The first-order chi connectivity index (χ1) is 13.5. The minimum Gasteiger partial charge on any atom is -0.493 e. The van der Waals surface area contributed by atoms with Crippen molar-refractivity contribution in [3.05, 3.63) is 70.0 Å². The second-order valence-electron chi connectivity index (χ2n) is 6.84. The molecule has 0 atom stereocenters. The van der Waals surface area contributed by atoms with E-state index in [0.29, 0.717) is 23.0 Å². The van der Waals surface area contributed by atoms with E-state index >= 15 is 0 Å². The van der Waals surface area contributed by atoms with Gasteiger partial charge in [-0.1, -0.05) is 32.0 Å². The molecule has 0 bridgehead atoms. The van der Waals surface area contributed by atoms with E-state index in [2.05, 4.69) is 30.2 Å². The predicted molar refractivity (Wildman–Crippen MR) is 109 cm³/mol. The molecule has 6 heteroatoms. The summed E-state index contributed by atoms with van der Waals surface area (Å²) in [7, 11) is 1.54. The van der Waals surface area contributed by atoms with Crippen molar-refractivity contribution < 1.29 is 14.3 Å². The van der Waals surface area contributed by atoms with Crippen LogP contribution in [-0.2, 0) is 11.3 Å². The van der Waals surface area contributed by atoms with Gasteiger partial charge in [0.15, 0.2) is 18.1 Å². The molecule has 28 heavy (non-hydrogen) atoms. The third kappa shape index (κ3) is 4.52. The summed E-state index contributed by atoms with van der Waals surface area (Å²) >= 11 is 0. The molecule has 2 N–H and O–H groups in total. The van der Waals surface area contributed by atoms with Crippen molar-refractivity contribution in [3.63, 3.8) is 0 Å². The maximum atomic E-state index is 12.3. The van der Waals surface area contributed by atoms with Crippen LogP contribution >= 0.6 is 0 Å². The quantitative estimate of drug-likeness (QED) is 0.659. The number of hydrogen-bond acceptors (Lipinski definition) is 4. The van der Waals surface area contributed by atoms with E-state index in [0.717, 1.165) is 10.9 Å². The Morgan fingerprint density at radius 2 is 1.86 bits per heavy atom. The third-order valence-electron chi connectivity index (χ3n) is 4.52. The standard InChI is InChI=1S/C22H24N2O4/c1-14(2)15-8-9-18-16(10-15)11-17(22(26)24-18)12-23-21(25)13-28-20-7-5-4-6-19(20)27-3/h4-11,14H,12-13H2,1-3H3,(H,23,25)(H,24,26). The Morgan fingerprint density at radius 1 is 1.11 bits per heavy atom. The SMILES string of the molecule is COc1ccccc1OCC(=O)NCc1cc2cc(C(C)C)ccc2[nH]c1=O. The molecule has 6 nitrogen and oxygen atoms in total. The molecule has 0 saturated heterocycles. The van der Waals surface area contributed by atoms with Crippen molar-refractivity contribution in [3.8, 4) is 11.5 Å². The average molecular weight is 380 g/mol. The number of nitrogens with one attached hydrogen (secondary N) is 2. The first kappa shape index (κ1) is 19.5. The number of ether oxygens (including phenoxy) is 2. The van der Waals surface area contributed by atoms with Gasteiger partial charge in [-0.3, -0.25) is 9.59 Å². The van der Waals surface area contributed by atoms with Gasteiger partial charge in [-0.25, -0.2) is 0 Å². The van der Waals surface area contributed by atoms with Gasteiger partial charge in [0.05, 0.1) is 7.11 Å². The zero-order chi connectivity index (χ0) is 20.1. The third-order valence-corrected chi connectivity index (χ3v) is 4.52. The maximum Gasteiger partial charge on any atom is 0.258 e. The zero-order valence-electron chi connectivity index (χ0n) is 16.2. The van der Waals surface area contributed by atoms with Crippen LogP contribution in [0.1, 0.15) is 30.9 Å². The number of pyridine rings is 1. The molecule has 0 radical (unpaired) electrons. The average Bonchev–Trinajstić information content (AvgIpc) is 2.70. The van der Waals surface area contributed by atoms with Crippen LogP contribution in [0.2, 0.25) is 0 Å². The summed E-state index contributed by atoms with van der Waals surface area (Å²) < 4.78 is 10.7. The summed E-state index contributed by atoms with van der Waals surface area (Å²) in [4.78, 5) is 27.3. The molecule has 1 amide bonds. The van der Waals surface area contributed by atoms with E-state index in [9.17, 15) is 9.59 Å². The summed E-state index contributed by atoms with van der Waals surface area (Å²) in [5.74, 6) is 1.13. The van der Waals surface area contributed by atoms with Crippen LogP contribution in [0.15, 0.2) is 53.3 Å². The number of rotatable bonds is 7.